The van der Waals surface area contributed by atoms with Gasteiger partial charge in [-0.3, -0.25) is 0 Å². The first-order valence-electron chi connectivity index (χ1n) is 7.11. The van der Waals surface area contributed by atoms with Crippen molar-refractivity contribution in [1.29, 1.82) is 0 Å². The zero-order valence-electron chi connectivity index (χ0n) is 12.2. The summed E-state index contributed by atoms with van der Waals surface area (Å²) in [5.74, 6) is 0. The Morgan fingerprint density at radius 3 is 1.91 bits per heavy atom. The van der Waals surface area contributed by atoms with Gasteiger partial charge in [0.05, 0.1) is 0 Å². The highest BCUT2D eigenvalue weighted by molar-refractivity contribution is 9.10. The van der Waals surface area contributed by atoms with Crippen molar-refractivity contribution < 1.29 is 4.57 Å². The fraction of sp³-hybridized carbons (Fsp3) is 0.0526. The third-order valence-electron chi connectivity index (χ3n) is 3.77. The van der Waals surface area contributed by atoms with Crippen LogP contribution >= 0.6 is 23.1 Å². The average molecular weight is 371 g/mol. The van der Waals surface area contributed by atoms with E-state index in [0.717, 1.165) is 25.9 Å². The summed E-state index contributed by atoms with van der Waals surface area (Å²) in [4.78, 5) is 0. The fourth-order valence-electron chi connectivity index (χ4n) is 2.67. The number of rotatable bonds is 3. The minimum Gasteiger partial charge on any atom is -0.309 e. The van der Waals surface area contributed by atoms with Crippen LogP contribution < -0.4 is 15.9 Å². The van der Waals surface area contributed by atoms with Crippen LogP contribution in [-0.2, 0) is 4.57 Å². The van der Waals surface area contributed by atoms with Crippen LogP contribution in [0.15, 0.2) is 83.3 Å². The number of hydrogen-bond donors (Lipinski definition) is 0. The minimum atomic E-state index is -2.90. The van der Waals surface area contributed by atoms with Gasteiger partial charge in [0.1, 0.15) is 0 Å². The monoisotopic (exact) mass is 370 g/mol. The van der Waals surface area contributed by atoms with Gasteiger partial charge in [-0.1, -0.05) is 82.7 Å². The van der Waals surface area contributed by atoms with E-state index in [4.69, 9.17) is 0 Å². The molecule has 3 aromatic rings. The predicted octanol–water partition coefficient (Wildman–Crippen LogP) is 4.40. The highest BCUT2D eigenvalue weighted by Crippen LogP contribution is 2.45. The minimum absolute atomic E-state index is 0.843. The Kier molecular flexibility index (Phi) is 4.33. The number of hydrogen-bond acceptors (Lipinski definition) is 1. The summed E-state index contributed by atoms with van der Waals surface area (Å²) >= 11 is 3.58. The lowest BCUT2D eigenvalue weighted by Crippen LogP contribution is -2.27. The first kappa shape index (κ1) is 15.3. The summed E-state index contributed by atoms with van der Waals surface area (Å²) in [5, 5.41) is 2.60. The van der Waals surface area contributed by atoms with Crippen molar-refractivity contribution in [2.45, 2.75) is 6.92 Å². The zero-order chi connectivity index (χ0) is 15.6. The summed E-state index contributed by atoms with van der Waals surface area (Å²) < 4.78 is 15.1. The molecule has 22 heavy (non-hydrogen) atoms. The van der Waals surface area contributed by atoms with Crippen molar-refractivity contribution in [2.75, 3.05) is 0 Å². The maximum Gasteiger partial charge on any atom is 0.172 e. The molecule has 0 amide bonds. The van der Waals surface area contributed by atoms with E-state index < -0.39 is 7.14 Å². The van der Waals surface area contributed by atoms with E-state index in [1.165, 1.54) is 0 Å². The van der Waals surface area contributed by atoms with E-state index in [1.54, 1.807) is 0 Å². The van der Waals surface area contributed by atoms with Crippen LogP contribution in [0.3, 0.4) is 0 Å². The summed E-state index contributed by atoms with van der Waals surface area (Å²) in [6.07, 6.45) is 0. The van der Waals surface area contributed by atoms with E-state index in [-0.39, 0.29) is 0 Å². The average Bonchev–Trinajstić information content (AvgIpc) is 2.56. The van der Waals surface area contributed by atoms with Crippen molar-refractivity contribution >= 4 is 39.0 Å². The Bertz CT molecular complexity index is 793. The van der Waals surface area contributed by atoms with Gasteiger partial charge in [-0.15, -0.1) is 0 Å². The molecule has 0 saturated heterocycles. The molecule has 0 fully saturated rings. The maximum absolute atomic E-state index is 14.2. The summed E-state index contributed by atoms with van der Waals surface area (Å²) in [7, 11) is -2.90. The molecule has 110 valence electrons. The van der Waals surface area contributed by atoms with E-state index in [2.05, 4.69) is 15.9 Å². The second kappa shape index (κ2) is 6.24. The number of halogens is 1. The van der Waals surface area contributed by atoms with E-state index in [1.807, 2.05) is 85.8 Å². The quantitative estimate of drug-likeness (QED) is 0.624. The molecule has 0 saturated carbocycles. The van der Waals surface area contributed by atoms with Gasteiger partial charge in [0.2, 0.25) is 0 Å². The van der Waals surface area contributed by atoms with Crippen LogP contribution in [0, 0.1) is 6.92 Å². The summed E-state index contributed by atoms with van der Waals surface area (Å²) in [6.45, 7) is 2.02. The third-order valence-corrected chi connectivity index (χ3v) is 8.04. The van der Waals surface area contributed by atoms with E-state index in [0.29, 0.717) is 0 Å². The van der Waals surface area contributed by atoms with Gasteiger partial charge in [0.15, 0.2) is 7.14 Å². The topological polar surface area (TPSA) is 17.1 Å². The van der Waals surface area contributed by atoms with Gasteiger partial charge >= 0.3 is 0 Å². The maximum atomic E-state index is 14.2. The lowest BCUT2D eigenvalue weighted by atomic mass is 10.2. The molecule has 0 aliphatic heterocycles. The van der Waals surface area contributed by atoms with Gasteiger partial charge < -0.3 is 4.57 Å². The molecule has 0 N–H and O–H groups in total. The largest absolute Gasteiger partial charge is 0.309 e. The second-order valence-corrected chi connectivity index (χ2v) is 8.74. The first-order valence-corrected chi connectivity index (χ1v) is 9.61. The highest BCUT2D eigenvalue weighted by Gasteiger charge is 2.32. The fourth-order valence-corrected chi connectivity index (χ4v) is 6.65. The summed E-state index contributed by atoms with van der Waals surface area (Å²) in [6, 6.07) is 25.4. The summed E-state index contributed by atoms with van der Waals surface area (Å²) in [5.41, 5.74) is 1.05. The predicted molar refractivity (Wildman–Crippen MR) is 98.3 cm³/mol. The lowest BCUT2D eigenvalue weighted by molar-refractivity contribution is 0.592. The molecule has 0 aromatic heterocycles. The molecule has 0 spiro atoms. The Morgan fingerprint density at radius 2 is 1.27 bits per heavy atom. The Hall–Kier alpha value is -1.63. The molecule has 1 atom stereocenters. The first-order chi connectivity index (χ1) is 10.6. The molecule has 0 bridgehead atoms. The van der Waals surface area contributed by atoms with Crippen molar-refractivity contribution in [3.05, 3.63) is 88.9 Å². The SMILES string of the molecule is Cc1ccccc1P(=O)(c1ccccc1)c1ccccc1Br. The van der Waals surface area contributed by atoms with Gasteiger partial charge in [-0.05, 0) is 24.6 Å². The van der Waals surface area contributed by atoms with Gasteiger partial charge in [0, 0.05) is 20.4 Å². The van der Waals surface area contributed by atoms with Crippen molar-refractivity contribution in [3.63, 3.8) is 0 Å². The second-order valence-electron chi connectivity index (χ2n) is 5.18. The molecule has 3 rings (SSSR count). The van der Waals surface area contributed by atoms with E-state index in [9.17, 15) is 4.57 Å². The molecule has 0 aliphatic rings. The molecule has 0 heterocycles. The van der Waals surface area contributed by atoms with Crippen LogP contribution in [0.4, 0.5) is 0 Å². The standard InChI is InChI=1S/C19H16BrOP/c1-15-9-5-7-13-18(15)22(21,16-10-3-2-4-11-16)19-14-8-6-12-17(19)20/h2-14H,1H3. The van der Waals surface area contributed by atoms with Crippen LogP contribution in [0.1, 0.15) is 5.56 Å². The molecule has 3 heteroatoms. The molecular weight excluding hydrogens is 355 g/mol. The van der Waals surface area contributed by atoms with Gasteiger partial charge in [-0.25, -0.2) is 0 Å². The van der Waals surface area contributed by atoms with Crippen LogP contribution in [-0.4, -0.2) is 0 Å². The van der Waals surface area contributed by atoms with Crippen LogP contribution in [0.25, 0.3) is 0 Å². The Labute approximate surface area is 139 Å². The molecular formula is C19H16BrOP. The number of aryl methyl sites for hydroxylation is 1. The number of benzene rings is 3. The molecule has 1 nitrogen and oxygen atoms in total. The van der Waals surface area contributed by atoms with Gasteiger partial charge in [-0.2, -0.15) is 0 Å². The molecule has 1 unspecified atom stereocenters. The van der Waals surface area contributed by atoms with Crippen molar-refractivity contribution in [1.82, 2.24) is 0 Å². The lowest BCUT2D eigenvalue weighted by Gasteiger charge is -2.22. The van der Waals surface area contributed by atoms with Gasteiger partial charge in [0.25, 0.3) is 0 Å². The van der Waals surface area contributed by atoms with Crippen molar-refractivity contribution in [3.8, 4) is 0 Å². The Morgan fingerprint density at radius 1 is 0.727 bits per heavy atom. The molecule has 3 aromatic carbocycles. The smallest absolute Gasteiger partial charge is 0.172 e. The Balaban J connectivity index is 2.37. The van der Waals surface area contributed by atoms with Crippen LogP contribution in [0.2, 0.25) is 0 Å². The molecule has 0 radical (unpaired) electrons. The van der Waals surface area contributed by atoms with E-state index >= 15 is 0 Å². The zero-order valence-corrected chi connectivity index (χ0v) is 14.7. The van der Waals surface area contributed by atoms with Crippen molar-refractivity contribution in [2.24, 2.45) is 0 Å². The third kappa shape index (κ3) is 2.58. The van der Waals surface area contributed by atoms with Crippen LogP contribution in [0.5, 0.6) is 0 Å². The highest BCUT2D eigenvalue weighted by atomic mass is 79.9. The molecule has 0 aliphatic carbocycles. The normalized spacial score (nSPS) is 13.5.